The molecule has 154 valence electrons. The van der Waals surface area contributed by atoms with E-state index in [1.54, 1.807) is 48.5 Å². The molecule has 6 nitrogen and oxygen atoms in total. The third kappa shape index (κ3) is 3.50. The number of carbonyl (C=O) groups is 2. The summed E-state index contributed by atoms with van der Waals surface area (Å²) in [7, 11) is 0. The number of anilines is 1. The minimum Gasteiger partial charge on any atom is -0.454 e. The molecule has 2 aliphatic heterocycles. The summed E-state index contributed by atoms with van der Waals surface area (Å²) in [4.78, 5) is 27.7. The van der Waals surface area contributed by atoms with Crippen molar-refractivity contribution in [1.82, 2.24) is 4.90 Å². The molecule has 0 spiro atoms. The Bertz CT molecular complexity index is 1220. The van der Waals surface area contributed by atoms with Crippen LogP contribution >= 0.6 is 0 Å². The van der Waals surface area contributed by atoms with Gasteiger partial charge in [-0.2, -0.15) is 0 Å². The van der Waals surface area contributed by atoms with E-state index in [9.17, 15) is 14.0 Å². The molecule has 5 rings (SSSR count). The van der Waals surface area contributed by atoms with Gasteiger partial charge in [-0.3, -0.25) is 14.5 Å². The summed E-state index contributed by atoms with van der Waals surface area (Å²) in [6, 6.07) is 20.0. The maximum absolute atomic E-state index is 13.7. The molecule has 0 saturated carbocycles. The van der Waals surface area contributed by atoms with Crippen LogP contribution in [-0.2, 0) is 16.1 Å². The second-order valence-corrected chi connectivity index (χ2v) is 7.14. The first-order valence-electron chi connectivity index (χ1n) is 9.67. The van der Waals surface area contributed by atoms with Gasteiger partial charge in [0.25, 0.3) is 11.8 Å². The standard InChI is InChI=1S/C24H17FN2O4/c25-17-7-4-8-18(12-17)26-22-21(16-5-2-1-3-6-16)23(28)27(24(22)29)13-15-9-10-19-20(11-15)31-14-30-19/h1-12,26H,13-14H2. The van der Waals surface area contributed by atoms with E-state index in [0.717, 1.165) is 5.56 Å². The van der Waals surface area contributed by atoms with Crippen molar-refractivity contribution >= 4 is 23.1 Å². The Labute approximate surface area is 177 Å². The summed E-state index contributed by atoms with van der Waals surface area (Å²) in [6.07, 6.45) is 0. The maximum Gasteiger partial charge on any atom is 0.278 e. The first-order valence-corrected chi connectivity index (χ1v) is 9.67. The zero-order valence-corrected chi connectivity index (χ0v) is 16.3. The SMILES string of the molecule is O=C1C(Nc2cccc(F)c2)=C(c2ccccc2)C(=O)N1Cc1ccc2c(c1)OCO2. The molecule has 0 atom stereocenters. The fraction of sp³-hybridized carbons (Fsp3) is 0.0833. The third-order valence-electron chi connectivity index (χ3n) is 5.10. The lowest BCUT2D eigenvalue weighted by Crippen LogP contribution is -2.32. The van der Waals surface area contributed by atoms with Crippen molar-refractivity contribution in [3.63, 3.8) is 0 Å². The highest BCUT2D eigenvalue weighted by Gasteiger charge is 2.39. The molecule has 0 bridgehead atoms. The van der Waals surface area contributed by atoms with Crippen LogP contribution in [0.3, 0.4) is 0 Å². The van der Waals surface area contributed by atoms with Crippen LogP contribution in [0, 0.1) is 5.82 Å². The van der Waals surface area contributed by atoms with Crippen LogP contribution < -0.4 is 14.8 Å². The van der Waals surface area contributed by atoms with Crippen molar-refractivity contribution in [3.05, 3.63) is 95.4 Å². The molecule has 0 radical (unpaired) electrons. The van der Waals surface area contributed by atoms with Gasteiger partial charge < -0.3 is 14.8 Å². The first kappa shape index (κ1) is 18.9. The van der Waals surface area contributed by atoms with Crippen LogP contribution in [0.15, 0.2) is 78.5 Å². The van der Waals surface area contributed by atoms with E-state index in [-0.39, 0.29) is 24.6 Å². The highest BCUT2D eigenvalue weighted by atomic mass is 19.1. The highest BCUT2D eigenvalue weighted by Crippen LogP contribution is 2.35. The zero-order valence-electron chi connectivity index (χ0n) is 16.3. The molecule has 7 heteroatoms. The summed E-state index contributed by atoms with van der Waals surface area (Å²) in [6.45, 7) is 0.209. The number of carbonyl (C=O) groups excluding carboxylic acids is 2. The molecule has 0 fully saturated rings. The van der Waals surface area contributed by atoms with Crippen LogP contribution in [0.4, 0.5) is 10.1 Å². The van der Waals surface area contributed by atoms with E-state index in [1.807, 2.05) is 6.07 Å². The van der Waals surface area contributed by atoms with E-state index < -0.39 is 17.6 Å². The molecule has 31 heavy (non-hydrogen) atoms. The number of amides is 2. The van der Waals surface area contributed by atoms with Gasteiger partial charge in [0.2, 0.25) is 6.79 Å². The third-order valence-corrected chi connectivity index (χ3v) is 5.10. The number of hydrogen-bond acceptors (Lipinski definition) is 5. The lowest BCUT2D eigenvalue weighted by molar-refractivity contribution is -0.137. The van der Waals surface area contributed by atoms with Crippen molar-refractivity contribution < 1.29 is 23.5 Å². The number of nitrogens with one attached hydrogen (secondary N) is 1. The molecule has 0 aliphatic carbocycles. The van der Waals surface area contributed by atoms with Crippen molar-refractivity contribution in [3.8, 4) is 11.5 Å². The molecule has 1 N–H and O–H groups in total. The van der Waals surface area contributed by atoms with Gasteiger partial charge in [-0.15, -0.1) is 0 Å². The maximum atomic E-state index is 13.7. The van der Waals surface area contributed by atoms with Crippen molar-refractivity contribution in [2.45, 2.75) is 6.54 Å². The molecular formula is C24H17FN2O4. The lowest BCUT2D eigenvalue weighted by atomic mass is 10.0. The quantitative estimate of drug-likeness (QED) is 0.638. The van der Waals surface area contributed by atoms with Gasteiger partial charge in [0, 0.05) is 5.69 Å². The lowest BCUT2D eigenvalue weighted by Gasteiger charge is -2.16. The Morgan fingerprint density at radius 3 is 2.48 bits per heavy atom. The van der Waals surface area contributed by atoms with Crippen molar-refractivity contribution in [2.24, 2.45) is 0 Å². The topological polar surface area (TPSA) is 67.9 Å². The van der Waals surface area contributed by atoms with E-state index in [1.165, 1.54) is 23.1 Å². The van der Waals surface area contributed by atoms with Gasteiger partial charge in [0.15, 0.2) is 11.5 Å². The Kier molecular flexibility index (Phi) is 4.63. The number of fused-ring (bicyclic) bond motifs is 1. The molecule has 0 saturated heterocycles. The minimum absolute atomic E-state index is 0.0684. The number of ether oxygens (including phenoxy) is 2. The molecule has 3 aromatic carbocycles. The number of imide groups is 1. The van der Waals surface area contributed by atoms with Gasteiger partial charge in [-0.1, -0.05) is 42.5 Å². The van der Waals surface area contributed by atoms with E-state index in [0.29, 0.717) is 22.7 Å². The average molecular weight is 416 g/mol. The molecule has 2 amide bonds. The fourth-order valence-corrected chi connectivity index (χ4v) is 3.64. The largest absolute Gasteiger partial charge is 0.454 e. The van der Waals surface area contributed by atoms with Crippen LogP contribution in [0.1, 0.15) is 11.1 Å². The van der Waals surface area contributed by atoms with Gasteiger partial charge in [-0.25, -0.2) is 4.39 Å². The second-order valence-electron chi connectivity index (χ2n) is 7.14. The van der Waals surface area contributed by atoms with E-state index in [4.69, 9.17) is 9.47 Å². The minimum atomic E-state index is -0.481. The number of rotatable bonds is 5. The van der Waals surface area contributed by atoms with Crippen LogP contribution in [0.25, 0.3) is 5.57 Å². The van der Waals surface area contributed by atoms with Crippen LogP contribution in [-0.4, -0.2) is 23.5 Å². The zero-order chi connectivity index (χ0) is 21.4. The van der Waals surface area contributed by atoms with E-state index in [2.05, 4.69) is 5.32 Å². The van der Waals surface area contributed by atoms with Gasteiger partial charge >= 0.3 is 0 Å². The molecule has 0 unspecified atom stereocenters. The Morgan fingerprint density at radius 1 is 0.871 bits per heavy atom. The summed E-state index contributed by atoms with van der Waals surface area (Å²) in [5, 5.41) is 2.95. The van der Waals surface area contributed by atoms with Gasteiger partial charge in [0.05, 0.1) is 12.1 Å². The molecule has 0 aromatic heterocycles. The van der Waals surface area contributed by atoms with Gasteiger partial charge in [0.1, 0.15) is 11.5 Å². The average Bonchev–Trinajstić information content (AvgIpc) is 3.33. The summed E-state index contributed by atoms with van der Waals surface area (Å²) in [5.41, 5.74) is 2.07. The summed E-state index contributed by atoms with van der Waals surface area (Å²) < 4.78 is 24.4. The van der Waals surface area contributed by atoms with Gasteiger partial charge in [-0.05, 0) is 41.5 Å². The van der Waals surface area contributed by atoms with E-state index >= 15 is 0 Å². The first-order chi connectivity index (χ1) is 15.1. The smallest absolute Gasteiger partial charge is 0.278 e. The number of nitrogens with zero attached hydrogens (tertiary/aromatic N) is 1. The number of benzene rings is 3. The predicted octanol–water partition coefficient (Wildman–Crippen LogP) is 3.95. The van der Waals surface area contributed by atoms with Crippen LogP contribution in [0.2, 0.25) is 0 Å². The highest BCUT2D eigenvalue weighted by molar-refractivity contribution is 6.36. The predicted molar refractivity (Wildman–Crippen MR) is 112 cm³/mol. The van der Waals surface area contributed by atoms with Crippen molar-refractivity contribution in [1.29, 1.82) is 0 Å². The van der Waals surface area contributed by atoms with Crippen LogP contribution in [0.5, 0.6) is 11.5 Å². The van der Waals surface area contributed by atoms with Crippen molar-refractivity contribution in [2.75, 3.05) is 12.1 Å². The number of halogens is 1. The molecular weight excluding hydrogens is 399 g/mol. The Balaban J connectivity index is 1.50. The Morgan fingerprint density at radius 2 is 1.68 bits per heavy atom. The molecule has 3 aromatic rings. The monoisotopic (exact) mass is 416 g/mol. The second kappa shape index (κ2) is 7.60. The molecule has 2 aliphatic rings. The summed E-state index contributed by atoms with van der Waals surface area (Å²) in [5.74, 6) is -0.148. The summed E-state index contributed by atoms with van der Waals surface area (Å²) >= 11 is 0. The normalized spacial score (nSPS) is 15.1. The Hall–Kier alpha value is -4.13. The molecule has 2 heterocycles. The fourth-order valence-electron chi connectivity index (χ4n) is 3.64. The number of hydrogen-bond donors (Lipinski definition) is 1.